The largest absolute Gasteiger partial charge is 0.508 e. The van der Waals surface area contributed by atoms with Crippen molar-refractivity contribution in [1.29, 1.82) is 0 Å². The number of hydrogen-bond donors (Lipinski definition) is 5. The molecule has 184 valence electrons. The summed E-state index contributed by atoms with van der Waals surface area (Å²) >= 11 is 6.59. The molecule has 0 radical (unpaired) electrons. The molecular weight excluding hydrogens is 495 g/mol. The number of anilines is 1. The van der Waals surface area contributed by atoms with Crippen LogP contribution in [0.5, 0.6) is 5.75 Å². The van der Waals surface area contributed by atoms with Crippen molar-refractivity contribution in [1.82, 2.24) is 15.5 Å². The first-order valence-corrected chi connectivity index (χ1v) is 11.9. The van der Waals surface area contributed by atoms with E-state index in [-0.39, 0.29) is 16.5 Å². The van der Waals surface area contributed by atoms with Crippen molar-refractivity contribution in [2.24, 2.45) is 0 Å². The second kappa shape index (κ2) is 9.34. The minimum atomic E-state index is -1.10. The number of aromatic hydroxyl groups is 1. The molecule has 0 saturated carbocycles. The number of carboxylic acid groups (broad SMARTS) is 1. The number of thiocarbonyl (C=S) groups is 1. The Kier molecular flexibility index (Phi) is 6.60. The maximum atomic E-state index is 14.0. The second-order valence-corrected chi connectivity index (χ2v) is 10.9. The van der Waals surface area contributed by atoms with Crippen LogP contribution in [0.4, 0.5) is 10.1 Å². The van der Waals surface area contributed by atoms with Crippen molar-refractivity contribution in [3.63, 3.8) is 0 Å². The first-order chi connectivity index (χ1) is 16.5. The van der Waals surface area contributed by atoms with Crippen LogP contribution in [0.15, 0.2) is 48.5 Å². The fourth-order valence-corrected chi connectivity index (χ4v) is 6.05. The monoisotopic (exact) mass is 518 g/mol. The Labute approximate surface area is 210 Å². The van der Waals surface area contributed by atoms with E-state index in [0.29, 0.717) is 5.56 Å². The van der Waals surface area contributed by atoms with E-state index in [9.17, 15) is 29.0 Å². The molecule has 9 nitrogen and oxygen atoms in total. The normalized spacial score (nSPS) is 23.0. The number of hydrogen-bond acceptors (Lipinski definition) is 6. The smallest absolute Gasteiger partial charge is 0.327 e. The van der Waals surface area contributed by atoms with Crippen molar-refractivity contribution in [3.8, 4) is 5.75 Å². The van der Waals surface area contributed by atoms with Crippen LogP contribution in [0.1, 0.15) is 25.5 Å². The van der Waals surface area contributed by atoms with Gasteiger partial charge in [0.2, 0.25) is 11.8 Å². The van der Waals surface area contributed by atoms with Crippen molar-refractivity contribution < 1.29 is 29.0 Å². The first kappa shape index (κ1) is 24.7. The zero-order valence-electron chi connectivity index (χ0n) is 18.7. The lowest BCUT2D eigenvalue weighted by Crippen LogP contribution is -2.71. The average molecular weight is 519 g/mol. The second-order valence-electron chi connectivity index (χ2n) is 8.69. The predicted molar refractivity (Wildman–Crippen MR) is 132 cm³/mol. The fraction of sp³-hybridized carbons (Fsp3) is 0.304. The van der Waals surface area contributed by atoms with Crippen molar-refractivity contribution >= 4 is 52.6 Å². The minimum absolute atomic E-state index is 0.00548. The molecule has 12 heteroatoms. The van der Waals surface area contributed by atoms with Crippen molar-refractivity contribution in [3.05, 3.63) is 59.9 Å². The number of benzene rings is 2. The first-order valence-electron chi connectivity index (χ1n) is 10.6. The molecule has 2 heterocycles. The van der Waals surface area contributed by atoms with E-state index in [1.54, 1.807) is 19.9 Å². The lowest BCUT2D eigenvalue weighted by molar-refractivity contribution is -0.161. The van der Waals surface area contributed by atoms with Gasteiger partial charge in [0.25, 0.3) is 0 Å². The molecule has 2 amide bonds. The zero-order chi connectivity index (χ0) is 25.5. The molecule has 4 atom stereocenters. The maximum Gasteiger partial charge on any atom is 0.327 e. The molecule has 2 aromatic carbocycles. The molecule has 0 aromatic heterocycles. The summed E-state index contributed by atoms with van der Waals surface area (Å²) in [5.41, 5.74) is 0.549. The van der Waals surface area contributed by atoms with E-state index >= 15 is 0 Å². The summed E-state index contributed by atoms with van der Waals surface area (Å²) in [6.07, 6.45) is 0. The molecule has 5 N–H and O–H groups in total. The molecule has 35 heavy (non-hydrogen) atoms. The number of para-hydroxylation sites is 1. The van der Waals surface area contributed by atoms with Gasteiger partial charge in [-0.2, -0.15) is 0 Å². The predicted octanol–water partition coefficient (Wildman–Crippen LogP) is 2.19. The third kappa shape index (κ3) is 4.76. The molecule has 4 unspecified atom stereocenters. The molecular formula is C23H23FN4O5S2. The topological polar surface area (TPSA) is 131 Å². The van der Waals surface area contributed by atoms with E-state index in [1.807, 2.05) is 0 Å². The van der Waals surface area contributed by atoms with E-state index in [0.717, 1.165) is 0 Å². The summed E-state index contributed by atoms with van der Waals surface area (Å²) in [6.45, 7) is 3.49. The van der Waals surface area contributed by atoms with Crippen LogP contribution < -0.4 is 16.0 Å². The molecule has 2 aliphatic rings. The van der Waals surface area contributed by atoms with Gasteiger partial charge in [-0.25, -0.2) is 9.18 Å². The lowest BCUT2D eigenvalue weighted by atomic mass is 9.95. The van der Waals surface area contributed by atoms with Crippen LogP contribution in [0.2, 0.25) is 0 Å². The Balaban J connectivity index is 1.52. The molecule has 4 rings (SSSR count). The van der Waals surface area contributed by atoms with Crippen LogP contribution in [-0.4, -0.2) is 60.2 Å². The number of β-lactam (4-membered cyclic amide) rings is 1. The van der Waals surface area contributed by atoms with Gasteiger partial charge >= 0.3 is 5.97 Å². The molecule has 2 aliphatic heterocycles. The summed E-state index contributed by atoms with van der Waals surface area (Å²) < 4.78 is 13.3. The van der Waals surface area contributed by atoms with E-state index in [4.69, 9.17) is 12.2 Å². The Hall–Kier alpha value is -3.38. The SMILES string of the molecule is CC1(C)SC2C(NC(=O)C(NC(=S)Nc3ccccc3F)c3ccc(O)cc3)C(=O)N2C1C(=O)O. The molecule has 2 fully saturated rings. The number of halogens is 1. The number of carboxylic acids is 1. The van der Waals surface area contributed by atoms with Gasteiger partial charge in [0.1, 0.15) is 35.1 Å². The fourth-order valence-electron chi connectivity index (χ4n) is 4.20. The Bertz CT molecular complexity index is 1190. The Morgan fingerprint density at radius 2 is 1.83 bits per heavy atom. The van der Waals surface area contributed by atoms with E-state index in [2.05, 4.69) is 16.0 Å². The number of phenols is 1. The number of phenolic OH excluding ortho intramolecular Hbond substituents is 1. The number of nitrogens with zero attached hydrogens (tertiary/aromatic N) is 1. The molecule has 2 saturated heterocycles. The highest BCUT2D eigenvalue weighted by Gasteiger charge is 2.64. The minimum Gasteiger partial charge on any atom is -0.508 e. The van der Waals surface area contributed by atoms with Gasteiger partial charge in [-0.1, -0.05) is 24.3 Å². The van der Waals surface area contributed by atoms with Gasteiger partial charge < -0.3 is 31.1 Å². The van der Waals surface area contributed by atoms with Crippen molar-refractivity contribution in [2.75, 3.05) is 5.32 Å². The summed E-state index contributed by atoms with van der Waals surface area (Å²) in [5, 5.41) is 26.9. The van der Waals surface area contributed by atoms with Crippen LogP contribution in [0, 0.1) is 5.82 Å². The van der Waals surface area contributed by atoms with Crippen LogP contribution >= 0.6 is 24.0 Å². The quantitative estimate of drug-likeness (QED) is 0.288. The maximum absolute atomic E-state index is 14.0. The average Bonchev–Trinajstić information content (AvgIpc) is 3.06. The zero-order valence-corrected chi connectivity index (χ0v) is 20.3. The number of amides is 2. The standard InChI is InChI=1S/C23H23FN4O5S2/c1-23(2)17(21(32)33)28-19(31)16(20(28)35-23)26-18(30)15(11-7-9-12(29)10-8-11)27-22(34)25-14-6-4-3-5-13(14)24/h3-10,15-17,20,29H,1-2H3,(H,26,30)(H,32,33)(H2,25,27,34). The Morgan fingerprint density at radius 1 is 1.17 bits per heavy atom. The van der Waals surface area contributed by atoms with Crippen LogP contribution in [-0.2, 0) is 14.4 Å². The molecule has 2 aromatic rings. The molecule has 0 spiro atoms. The van der Waals surface area contributed by atoms with Gasteiger partial charge in [0, 0.05) is 4.75 Å². The van der Waals surface area contributed by atoms with Crippen LogP contribution in [0.3, 0.4) is 0 Å². The van der Waals surface area contributed by atoms with Gasteiger partial charge in [-0.15, -0.1) is 11.8 Å². The molecule has 0 bridgehead atoms. The summed E-state index contributed by atoms with van der Waals surface area (Å²) in [4.78, 5) is 39.1. The lowest BCUT2D eigenvalue weighted by Gasteiger charge is -2.44. The van der Waals surface area contributed by atoms with Gasteiger partial charge in [-0.05, 0) is 55.9 Å². The molecule has 0 aliphatic carbocycles. The number of carbonyl (C=O) groups excluding carboxylic acids is 2. The highest BCUT2D eigenvalue weighted by molar-refractivity contribution is 8.01. The van der Waals surface area contributed by atoms with Gasteiger partial charge in [-0.3, -0.25) is 9.59 Å². The van der Waals surface area contributed by atoms with Gasteiger partial charge in [0.15, 0.2) is 5.11 Å². The third-order valence-electron chi connectivity index (χ3n) is 5.86. The van der Waals surface area contributed by atoms with E-state index < -0.39 is 51.8 Å². The number of thioether (sulfide) groups is 1. The highest BCUT2D eigenvalue weighted by Crippen LogP contribution is 2.50. The number of aliphatic carboxylic acids is 1. The summed E-state index contributed by atoms with van der Waals surface area (Å²) in [7, 11) is 0. The van der Waals surface area contributed by atoms with Gasteiger partial charge in [0.05, 0.1) is 5.69 Å². The van der Waals surface area contributed by atoms with Crippen LogP contribution in [0.25, 0.3) is 0 Å². The highest BCUT2D eigenvalue weighted by atomic mass is 32.2. The Morgan fingerprint density at radius 3 is 2.46 bits per heavy atom. The summed E-state index contributed by atoms with van der Waals surface area (Å²) in [6, 6.07) is 8.72. The third-order valence-corrected chi connectivity index (χ3v) is 7.65. The number of rotatable bonds is 6. The number of fused-ring (bicyclic) bond motifs is 1. The number of carbonyl (C=O) groups is 3. The number of nitrogens with one attached hydrogen (secondary N) is 3. The van der Waals surface area contributed by atoms with Crippen molar-refractivity contribution in [2.45, 2.75) is 42.1 Å². The van der Waals surface area contributed by atoms with E-state index in [1.165, 1.54) is 59.1 Å². The summed E-state index contributed by atoms with van der Waals surface area (Å²) in [5.74, 6) is -2.71.